The van der Waals surface area contributed by atoms with Crippen molar-refractivity contribution in [1.29, 1.82) is 5.26 Å². The van der Waals surface area contributed by atoms with Gasteiger partial charge in [0.25, 0.3) is 0 Å². The molecule has 5 aromatic rings. The number of benzene rings is 2. The van der Waals surface area contributed by atoms with E-state index in [2.05, 4.69) is 15.6 Å². The Bertz CT molecular complexity index is 1970. The van der Waals surface area contributed by atoms with E-state index < -0.39 is 23.4 Å². The number of nitrogens with zero attached hydrogens (tertiary/aromatic N) is 4. The highest BCUT2D eigenvalue weighted by Gasteiger charge is 2.35. The van der Waals surface area contributed by atoms with Crippen LogP contribution in [0.5, 0.6) is 0 Å². The maximum absolute atomic E-state index is 14.2. The highest BCUT2D eigenvalue weighted by atomic mass is 19.4. The first-order valence-corrected chi connectivity index (χ1v) is 13.6. The molecule has 0 bridgehead atoms. The molecule has 11 heteroatoms. The van der Waals surface area contributed by atoms with Gasteiger partial charge < -0.3 is 19.6 Å². The van der Waals surface area contributed by atoms with Gasteiger partial charge in [-0.15, -0.1) is 0 Å². The molecule has 3 aromatic heterocycles. The summed E-state index contributed by atoms with van der Waals surface area (Å²) >= 11 is 0. The van der Waals surface area contributed by atoms with Gasteiger partial charge in [-0.05, 0) is 73.5 Å². The molecule has 1 atom stereocenters. The maximum atomic E-state index is 14.2. The second-order valence-electron chi connectivity index (χ2n) is 10.4. The van der Waals surface area contributed by atoms with Crippen LogP contribution >= 0.6 is 0 Å². The van der Waals surface area contributed by atoms with E-state index in [1.54, 1.807) is 37.5 Å². The molecule has 1 aliphatic heterocycles. The van der Waals surface area contributed by atoms with E-state index in [1.165, 1.54) is 51.7 Å². The number of alkyl halides is 3. The van der Waals surface area contributed by atoms with Crippen LogP contribution in [0.2, 0.25) is 0 Å². The highest BCUT2D eigenvalue weighted by molar-refractivity contribution is 6.10. The second kappa shape index (κ2) is 10.9. The molecule has 2 aromatic carbocycles. The molecule has 43 heavy (non-hydrogen) atoms. The van der Waals surface area contributed by atoms with Crippen molar-refractivity contribution in [3.63, 3.8) is 0 Å². The van der Waals surface area contributed by atoms with Crippen LogP contribution in [0.3, 0.4) is 0 Å². The number of carbonyl (C=O) groups excluding carboxylic acids is 2. The van der Waals surface area contributed by atoms with Gasteiger partial charge in [0.2, 0.25) is 11.7 Å². The third-order valence-electron chi connectivity index (χ3n) is 7.62. The first kappa shape index (κ1) is 27.9. The summed E-state index contributed by atoms with van der Waals surface area (Å²) in [7, 11) is 1.63. The fraction of sp³-hybridized carbons (Fsp3) is 0.188. The van der Waals surface area contributed by atoms with E-state index in [4.69, 9.17) is 0 Å². The first-order chi connectivity index (χ1) is 20.6. The van der Waals surface area contributed by atoms with Crippen molar-refractivity contribution in [1.82, 2.24) is 19.3 Å². The van der Waals surface area contributed by atoms with Gasteiger partial charge in [0.05, 0.1) is 45.4 Å². The highest BCUT2D eigenvalue weighted by Crippen LogP contribution is 2.41. The van der Waals surface area contributed by atoms with E-state index in [0.717, 1.165) is 25.5 Å². The number of halogens is 3. The Morgan fingerprint density at radius 1 is 1.12 bits per heavy atom. The second-order valence-corrected chi connectivity index (χ2v) is 10.4. The predicted molar refractivity (Wildman–Crippen MR) is 155 cm³/mol. The maximum Gasteiger partial charge on any atom is 0.417 e. The summed E-state index contributed by atoms with van der Waals surface area (Å²) in [4.78, 5) is 30.2. The van der Waals surface area contributed by atoms with Gasteiger partial charge in [0.1, 0.15) is 6.07 Å². The average Bonchev–Trinajstić information content (AvgIpc) is 3.75. The van der Waals surface area contributed by atoms with Gasteiger partial charge >= 0.3 is 6.18 Å². The normalized spacial score (nSPS) is 15.4. The van der Waals surface area contributed by atoms with Crippen molar-refractivity contribution >= 4 is 33.9 Å². The lowest BCUT2D eigenvalue weighted by molar-refractivity contribution is -0.137. The van der Waals surface area contributed by atoms with E-state index >= 15 is 0 Å². The molecule has 1 amide bonds. The number of aromatic nitrogens is 3. The topological polar surface area (TPSA) is 104 Å². The number of carbonyl (C=O) groups is 2. The number of pyridine rings is 1. The molecule has 0 aliphatic carbocycles. The van der Waals surface area contributed by atoms with Crippen LogP contribution < -0.4 is 10.6 Å². The van der Waals surface area contributed by atoms with E-state index in [0.29, 0.717) is 16.6 Å². The number of hydrogen-bond donors (Lipinski definition) is 2. The third kappa shape index (κ3) is 5.29. The smallest absolute Gasteiger partial charge is 0.334 e. The molecule has 1 saturated heterocycles. The minimum Gasteiger partial charge on any atom is -0.334 e. The molecule has 1 fully saturated rings. The quantitative estimate of drug-likeness (QED) is 0.193. The van der Waals surface area contributed by atoms with Gasteiger partial charge in [-0.25, -0.2) is 4.98 Å². The summed E-state index contributed by atoms with van der Waals surface area (Å²) in [5.41, 5.74) is 1.36. The van der Waals surface area contributed by atoms with E-state index in [9.17, 15) is 28.0 Å². The summed E-state index contributed by atoms with van der Waals surface area (Å²) in [6.07, 6.45) is 3.62. The van der Waals surface area contributed by atoms with Crippen molar-refractivity contribution in [2.75, 3.05) is 11.9 Å². The molecular formula is C32H25F3N6O2. The first-order valence-electron chi connectivity index (χ1n) is 13.6. The molecule has 6 rings (SSSR count). The van der Waals surface area contributed by atoms with Crippen LogP contribution in [0.25, 0.3) is 27.7 Å². The van der Waals surface area contributed by atoms with Crippen LogP contribution in [0.4, 0.5) is 18.9 Å². The van der Waals surface area contributed by atoms with Crippen LogP contribution in [-0.2, 0) is 18.0 Å². The monoisotopic (exact) mass is 582 g/mol. The summed E-state index contributed by atoms with van der Waals surface area (Å²) in [5, 5.41) is 15.7. The largest absolute Gasteiger partial charge is 0.417 e. The van der Waals surface area contributed by atoms with E-state index in [1.807, 2.05) is 6.07 Å². The number of imidazole rings is 1. The van der Waals surface area contributed by atoms with Crippen LogP contribution in [0, 0.1) is 11.3 Å². The van der Waals surface area contributed by atoms with Gasteiger partial charge in [-0.2, -0.15) is 18.4 Å². The zero-order chi connectivity index (χ0) is 30.3. The zero-order valence-electron chi connectivity index (χ0n) is 22.9. The zero-order valence-corrected chi connectivity index (χ0v) is 22.9. The standard InChI is InChI=1S/C32H25F3N6O2/c1-40-18-38-26-15-23(24(16-29(26)40)32(33,34)35)22-5-3-13-41-27(22)9-10-28(41)31(43)19-6-8-25(20(14-19)17-36)39-30(42)11-7-21-4-2-12-37-21/h3,5-11,13-16,18,21,37H,2,4,12H2,1H3,(H,39,42)/b11-7+/t21-/m1/s1. The number of ketones is 1. The Morgan fingerprint density at radius 3 is 2.70 bits per heavy atom. The molecule has 2 N–H and O–H groups in total. The summed E-state index contributed by atoms with van der Waals surface area (Å²) in [6.45, 7) is 0.901. The predicted octanol–water partition coefficient (Wildman–Crippen LogP) is 5.86. The Hall–Kier alpha value is -5.21. The lowest BCUT2D eigenvalue weighted by atomic mass is 9.98. The number of hydrogen-bond acceptors (Lipinski definition) is 5. The summed E-state index contributed by atoms with van der Waals surface area (Å²) in [5.74, 6) is -0.827. The molecule has 4 heterocycles. The third-order valence-corrected chi connectivity index (χ3v) is 7.62. The molecule has 8 nitrogen and oxygen atoms in total. The summed E-state index contributed by atoms with van der Waals surface area (Å²) < 4.78 is 45.7. The van der Waals surface area contributed by atoms with Gasteiger partial charge in [0.15, 0.2) is 0 Å². The number of aryl methyl sites for hydroxylation is 1. The molecule has 216 valence electrons. The molecule has 0 saturated carbocycles. The number of amides is 1. The minimum absolute atomic E-state index is 0.0500. The van der Waals surface area contributed by atoms with Crippen molar-refractivity contribution < 1.29 is 22.8 Å². The lowest BCUT2D eigenvalue weighted by Crippen LogP contribution is -2.19. The average molecular weight is 583 g/mol. The molecule has 0 radical (unpaired) electrons. The van der Waals surface area contributed by atoms with Gasteiger partial charge in [0, 0.05) is 36.5 Å². The Morgan fingerprint density at radius 2 is 1.95 bits per heavy atom. The Balaban J connectivity index is 1.33. The number of anilines is 1. The number of rotatable bonds is 6. The van der Waals surface area contributed by atoms with Crippen molar-refractivity contribution in [2.24, 2.45) is 7.05 Å². The van der Waals surface area contributed by atoms with Crippen molar-refractivity contribution in [2.45, 2.75) is 25.1 Å². The summed E-state index contributed by atoms with van der Waals surface area (Å²) in [6, 6.07) is 15.3. The van der Waals surface area contributed by atoms with Gasteiger partial charge in [-0.3, -0.25) is 9.59 Å². The number of fused-ring (bicyclic) bond motifs is 2. The molecule has 0 unspecified atom stereocenters. The Labute approximate surface area is 244 Å². The SMILES string of the molecule is Cn1cnc2cc(-c3cccn4c(C(=O)c5ccc(NC(=O)/C=C/[C@H]6CCCN6)c(C#N)c5)ccc34)c(C(F)(F)F)cc21. The van der Waals surface area contributed by atoms with Crippen LogP contribution in [0.1, 0.15) is 40.0 Å². The number of nitriles is 1. The minimum atomic E-state index is -4.63. The Kier molecular flexibility index (Phi) is 7.07. The molecular weight excluding hydrogens is 557 g/mol. The van der Waals surface area contributed by atoms with Crippen LogP contribution in [0.15, 0.2) is 79.3 Å². The van der Waals surface area contributed by atoms with E-state index in [-0.39, 0.29) is 39.7 Å². The molecule has 0 spiro atoms. The number of nitrogens with one attached hydrogen (secondary N) is 2. The fourth-order valence-electron chi connectivity index (χ4n) is 5.47. The fourth-order valence-corrected chi connectivity index (χ4v) is 5.47. The van der Waals surface area contributed by atoms with Crippen molar-refractivity contribution in [3.8, 4) is 17.2 Å². The van der Waals surface area contributed by atoms with Gasteiger partial charge in [-0.1, -0.05) is 12.1 Å². The van der Waals surface area contributed by atoms with Crippen LogP contribution in [-0.4, -0.2) is 38.2 Å². The van der Waals surface area contributed by atoms with Crippen molar-refractivity contribution in [3.05, 3.63) is 102 Å². The lowest BCUT2D eigenvalue weighted by Gasteiger charge is -2.15. The molecule has 1 aliphatic rings.